The van der Waals surface area contributed by atoms with Crippen LogP contribution in [-0.2, 0) is 6.42 Å². The largest absolute Gasteiger partial charge is 0.497 e. The third-order valence-corrected chi connectivity index (χ3v) is 4.45. The topological polar surface area (TPSA) is 93.0 Å². The molecule has 28 heavy (non-hydrogen) atoms. The number of likely N-dealkylation sites (N-methyl/N-ethyl adjacent to an activating group) is 1. The van der Waals surface area contributed by atoms with E-state index >= 15 is 0 Å². The minimum absolute atomic E-state index is 0.436. The number of nitrogens with one attached hydrogen (secondary N) is 1. The summed E-state index contributed by atoms with van der Waals surface area (Å²) in [7, 11) is 3.64. The van der Waals surface area contributed by atoms with Gasteiger partial charge in [0.15, 0.2) is 0 Å². The second-order valence-electron chi connectivity index (χ2n) is 6.33. The van der Waals surface area contributed by atoms with Gasteiger partial charge in [-0.25, -0.2) is 4.98 Å². The van der Waals surface area contributed by atoms with Crippen molar-refractivity contribution < 1.29 is 9.26 Å². The van der Waals surface area contributed by atoms with Gasteiger partial charge in [-0.15, -0.1) is 0 Å². The number of benzene rings is 1. The van der Waals surface area contributed by atoms with Crippen molar-refractivity contribution in [1.82, 2.24) is 25.3 Å². The number of H-pyrrole nitrogens is 1. The highest BCUT2D eigenvalue weighted by Crippen LogP contribution is 2.24. The molecular weight excluding hydrogens is 356 g/mol. The van der Waals surface area contributed by atoms with E-state index in [1.54, 1.807) is 13.3 Å². The molecule has 3 aromatic heterocycles. The monoisotopic (exact) mass is 376 g/mol. The molecule has 4 aromatic rings. The average molecular weight is 376 g/mol. The minimum Gasteiger partial charge on any atom is -0.497 e. The first kappa shape index (κ1) is 17.7. The Bertz CT molecular complexity index is 1010. The fourth-order valence-corrected chi connectivity index (χ4v) is 2.76. The summed E-state index contributed by atoms with van der Waals surface area (Å²) in [6, 6.07) is 11.4. The van der Waals surface area contributed by atoms with Crippen molar-refractivity contribution in [3.63, 3.8) is 0 Å². The number of ether oxygens (including phenoxy) is 1. The van der Waals surface area contributed by atoms with Crippen molar-refractivity contribution in [3.8, 4) is 28.6 Å². The lowest BCUT2D eigenvalue weighted by Gasteiger charge is -2.17. The number of aromatic amines is 1. The molecule has 0 aliphatic rings. The van der Waals surface area contributed by atoms with Gasteiger partial charge >= 0.3 is 0 Å². The zero-order valence-corrected chi connectivity index (χ0v) is 15.7. The van der Waals surface area contributed by atoms with Crippen molar-refractivity contribution in [2.24, 2.45) is 0 Å². The molecule has 1 aromatic carbocycles. The third-order valence-electron chi connectivity index (χ3n) is 4.45. The molecule has 8 heteroatoms. The van der Waals surface area contributed by atoms with Gasteiger partial charge in [0.05, 0.1) is 18.9 Å². The maximum Gasteiger partial charge on any atom is 0.259 e. The molecule has 0 unspecified atom stereocenters. The van der Waals surface area contributed by atoms with Gasteiger partial charge < -0.3 is 14.2 Å². The van der Waals surface area contributed by atoms with E-state index in [2.05, 4.69) is 30.2 Å². The Labute approximate surface area is 162 Å². The summed E-state index contributed by atoms with van der Waals surface area (Å²) >= 11 is 0. The zero-order valence-electron chi connectivity index (χ0n) is 15.7. The molecule has 0 amide bonds. The van der Waals surface area contributed by atoms with Crippen LogP contribution in [0.5, 0.6) is 5.75 Å². The molecule has 0 fully saturated rings. The van der Waals surface area contributed by atoms with Crippen molar-refractivity contribution in [2.75, 3.05) is 25.6 Å². The number of pyridine rings is 1. The normalized spacial score (nSPS) is 10.8. The second-order valence-corrected chi connectivity index (χ2v) is 6.33. The van der Waals surface area contributed by atoms with Crippen LogP contribution in [0.4, 0.5) is 5.82 Å². The number of methoxy groups -OCH3 is 1. The smallest absolute Gasteiger partial charge is 0.259 e. The van der Waals surface area contributed by atoms with Crippen LogP contribution >= 0.6 is 0 Å². The molecule has 0 atom stereocenters. The van der Waals surface area contributed by atoms with Crippen LogP contribution in [-0.4, -0.2) is 46.0 Å². The molecule has 4 rings (SSSR count). The molecule has 0 radical (unpaired) electrons. The maximum atomic E-state index is 5.40. The molecule has 0 spiro atoms. The average Bonchev–Trinajstić information content (AvgIpc) is 3.44. The van der Waals surface area contributed by atoms with Crippen molar-refractivity contribution in [2.45, 2.75) is 6.42 Å². The highest BCUT2D eigenvalue weighted by molar-refractivity contribution is 5.60. The van der Waals surface area contributed by atoms with E-state index in [1.165, 1.54) is 5.56 Å². The Morgan fingerprint density at radius 1 is 1.07 bits per heavy atom. The summed E-state index contributed by atoms with van der Waals surface area (Å²) in [6.07, 6.45) is 6.38. The van der Waals surface area contributed by atoms with Crippen molar-refractivity contribution >= 4 is 5.82 Å². The van der Waals surface area contributed by atoms with Crippen LogP contribution in [0, 0.1) is 0 Å². The SMILES string of the molecule is COc1ccc(-c2noc(-c3ccc(N(C)CCc4cn[nH]c4)nc3)n2)cc1. The van der Waals surface area contributed by atoms with Gasteiger partial charge in [-0.05, 0) is 48.4 Å². The van der Waals surface area contributed by atoms with Gasteiger partial charge in [0.25, 0.3) is 5.89 Å². The summed E-state index contributed by atoms with van der Waals surface area (Å²) < 4.78 is 10.6. The number of rotatable bonds is 7. The van der Waals surface area contributed by atoms with E-state index in [9.17, 15) is 0 Å². The number of aromatic nitrogens is 5. The van der Waals surface area contributed by atoms with Gasteiger partial charge in [-0.1, -0.05) is 5.16 Å². The Morgan fingerprint density at radius 2 is 1.89 bits per heavy atom. The highest BCUT2D eigenvalue weighted by Gasteiger charge is 2.12. The Balaban J connectivity index is 1.44. The molecule has 0 aliphatic heterocycles. The van der Waals surface area contributed by atoms with Gasteiger partial charge in [0.2, 0.25) is 5.82 Å². The predicted octanol–water partition coefficient (Wildman–Crippen LogP) is 3.21. The van der Waals surface area contributed by atoms with Crippen LogP contribution in [0.2, 0.25) is 0 Å². The molecule has 0 saturated heterocycles. The molecule has 0 aliphatic carbocycles. The lowest BCUT2D eigenvalue weighted by Crippen LogP contribution is -2.21. The number of hydrogen-bond donors (Lipinski definition) is 1. The fourth-order valence-electron chi connectivity index (χ4n) is 2.76. The molecule has 142 valence electrons. The Kier molecular flexibility index (Phi) is 5.01. The Hall–Kier alpha value is -3.68. The van der Waals surface area contributed by atoms with E-state index in [0.29, 0.717) is 11.7 Å². The summed E-state index contributed by atoms with van der Waals surface area (Å²) in [4.78, 5) is 11.1. The van der Waals surface area contributed by atoms with E-state index in [4.69, 9.17) is 9.26 Å². The third kappa shape index (κ3) is 3.85. The van der Waals surface area contributed by atoms with E-state index in [-0.39, 0.29) is 0 Å². The number of hydrogen-bond acceptors (Lipinski definition) is 7. The summed E-state index contributed by atoms with van der Waals surface area (Å²) in [5, 5.41) is 10.8. The lowest BCUT2D eigenvalue weighted by molar-refractivity contribution is 0.415. The quantitative estimate of drug-likeness (QED) is 0.529. The molecule has 0 bridgehead atoms. The fraction of sp³-hybridized carbons (Fsp3) is 0.200. The first-order valence-electron chi connectivity index (χ1n) is 8.86. The Morgan fingerprint density at radius 3 is 2.57 bits per heavy atom. The van der Waals surface area contributed by atoms with E-state index in [1.807, 2.05) is 55.8 Å². The first-order chi connectivity index (χ1) is 13.7. The molecular formula is C20H20N6O2. The highest BCUT2D eigenvalue weighted by atomic mass is 16.5. The summed E-state index contributed by atoms with van der Waals surface area (Å²) in [5.74, 6) is 2.62. The van der Waals surface area contributed by atoms with E-state index < -0.39 is 0 Å². The predicted molar refractivity (Wildman–Crippen MR) is 105 cm³/mol. The van der Waals surface area contributed by atoms with Crippen molar-refractivity contribution in [1.29, 1.82) is 0 Å². The summed E-state index contributed by atoms with van der Waals surface area (Å²) in [5.41, 5.74) is 2.80. The zero-order chi connectivity index (χ0) is 19.3. The molecule has 3 heterocycles. The first-order valence-corrected chi connectivity index (χ1v) is 8.86. The lowest BCUT2D eigenvalue weighted by atomic mass is 10.2. The van der Waals surface area contributed by atoms with Gasteiger partial charge in [0, 0.05) is 31.5 Å². The number of anilines is 1. The molecule has 8 nitrogen and oxygen atoms in total. The maximum absolute atomic E-state index is 5.40. The van der Waals surface area contributed by atoms with Crippen LogP contribution in [0.1, 0.15) is 5.56 Å². The van der Waals surface area contributed by atoms with Gasteiger partial charge in [0.1, 0.15) is 11.6 Å². The van der Waals surface area contributed by atoms with Crippen LogP contribution in [0.25, 0.3) is 22.8 Å². The number of nitrogens with zero attached hydrogens (tertiary/aromatic N) is 5. The standard InChI is InChI=1S/C20H20N6O2/c1-26(10-9-14-11-22-23-12-14)18-8-5-16(13-21-18)20-24-19(25-28-20)15-3-6-17(27-2)7-4-15/h3-8,11-13H,9-10H2,1-2H3,(H,22,23). The van der Waals surface area contributed by atoms with Gasteiger partial charge in [-0.3, -0.25) is 5.10 Å². The van der Waals surface area contributed by atoms with Gasteiger partial charge in [-0.2, -0.15) is 10.1 Å². The van der Waals surface area contributed by atoms with Crippen LogP contribution in [0.3, 0.4) is 0 Å². The minimum atomic E-state index is 0.436. The van der Waals surface area contributed by atoms with E-state index in [0.717, 1.165) is 35.7 Å². The summed E-state index contributed by atoms with van der Waals surface area (Å²) in [6.45, 7) is 0.841. The van der Waals surface area contributed by atoms with Crippen molar-refractivity contribution in [3.05, 3.63) is 60.6 Å². The molecule has 1 N–H and O–H groups in total. The molecule has 0 saturated carbocycles. The second kappa shape index (κ2) is 7.91. The van der Waals surface area contributed by atoms with Crippen LogP contribution in [0.15, 0.2) is 59.5 Å². The van der Waals surface area contributed by atoms with Crippen LogP contribution < -0.4 is 9.64 Å².